The third-order valence-corrected chi connectivity index (χ3v) is 3.01. The zero-order valence-corrected chi connectivity index (χ0v) is 9.40. The number of rotatable bonds is 2. The minimum Gasteiger partial charge on any atom is -0.391 e. The summed E-state index contributed by atoms with van der Waals surface area (Å²) in [5.41, 5.74) is 8.41. The number of aliphatic hydroxyl groups is 1. The first-order valence-electron chi connectivity index (χ1n) is 5.46. The van der Waals surface area contributed by atoms with E-state index >= 15 is 0 Å². The number of benzene rings is 1. The Hall–Kier alpha value is -1.55. The quantitative estimate of drug-likeness (QED) is 0.510. The number of anilines is 1. The van der Waals surface area contributed by atoms with E-state index in [2.05, 4.69) is 4.90 Å². The molecule has 2 rings (SSSR count). The van der Waals surface area contributed by atoms with Crippen molar-refractivity contribution in [2.45, 2.75) is 19.4 Å². The molecule has 4 nitrogen and oxygen atoms in total. The van der Waals surface area contributed by atoms with E-state index in [0.717, 1.165) is 29.8 Å². The van der Waals surface area contributed by atoms with Gasteiger partial charge in [0.05, 0.1) is 6.10 Å². The molecular weight excluding hydrogens is 202 g/mol. The van der Waals surface area contributed by atoms with E-state index in [1.165, 1.54) is 0 Å². The van der Waals surface area contributed by atoms with E-state index < -0.39 is 0 Å². The average Bonchev–Trinajstić information content (AvgIpc) is 2.64. The summed E-state index contributed by atoms with van der Waals surface area (Å²) >= 11 is 0. The third kappa shape index (κ3) is 2.02. The molecule has 1 saturated heterocycles. The number of amidine groups is 1. The van der Waals surface area contributed by atoms with Crippen molar-refractivity contribution in [3.05, 3.63) is 29.3 Å². The van der Waals surface area contributed by atoms with Gasteiger partial charge in [0.1, 0.15) is 5.84 Å². The van der Waals surface area contributed by atoms with Gasteiger partial charge < -0.3 is 15.7 Å². The van der Waals surface area contributed by atoms with Crippen molar-refractivity contribution in [2.75, 3.05) is 18.0 Å². The molecule has 0 spiro atoms. The molecule has 1 aliphatic heterocycles. The molecule has 0 radical (unpaired) electrons. The molecule has 4 heteroatoms. The van der Waals surface area contributed by atoms with Crippen LogP contribution in [-0.4, -0.2) is 30.1 Å². The maximum atomic E-state index is 9.50. The first kappa shape index (κ1) is 11.0. The maximum absolute atomic E-state index is 9.50. The zero-order chi connectivity index (χ0) is 11.7. The van der Waals surface area contributed by atoms with Gasteiger partial charge in [-0.3, -0.25) is 5.41 Å². The van der Waals surface area contributed by atoms with Gasteiger partial charge in [0.15, 0.2) is 0 Å². The summed E-state index contributed by atoms with van der Waals surface area (Å²) in [6.07, 6.45) is 0.611. The lowest BCUT2D eigenvalue weighted by molar-refractivity contribution is 0.198. The van der Waals surface area contributed by atoms with Crippen molar-refractivity contribution >= 4 is 11.5 Å². The summed E-state index contributed by atoms with van der Waals surface area (Å²) in [5.74, 6) is 0.0936. The van der Waals surface area contributed by atoms with E-state index in [1.807, 2.05) is 25.1 Å². The molecule has 1 fully saturated rings. The number of hydrogen-bond donors (Lipinski definition) is 3. The predicted molar refractivity (Wildman–Crippen MR) is 65.0 cm³/mol. The van der Waals surface area contributed by atoms with Crippen molar-refractivity contribution in [2.24, 2.45) is 5.73 Å². The molecule has 1 atom stereocenters. The van der Waals surface area contributed by atoms with Crippen LogP contribution in [0.5, 0.6) is 0 Å². The Morgan fingerprint density at radius 2 is 2.31 bits per heavy atom. The van der Waals surface area contributed by atoms with E-state index in [0.29, 0.717) is 6.54 Å². The van der Waals surface area contributed by atoms with Crippen molar-refractivity contribution < 1.29 is 5.11 Å². The summed E-state index contributed by atoms with van der Waals surface area (Å²) in [6.45, 7) is 3.59. The smallest absolute Gasteiger partial charge is 0.122 e. The third-order valence-electron chi connectivity index (χ3n) is 3.01. The molecule has 1 aromatic carbocycles. The molecule has 0 aliphatic carbocycles. The van der Waals surface area contributed by atoms with E-state index in [9.17, 15) is 5.11 Å². The summed E-state index contributed by atoms with van der Waals surface area (Å²) in [7, 11) is 0. The Balaban J connectivity index is 2.26. The van der Waals surface area contributed by atoms with E-state index in [1.54, 1.807) is 0 Å². The van der Waals surface area contributed by atoms with E-state index in [4.69, 9.17) is 11.1 Å². The Morgan fingerprint density at radius 1 is 1.56 bits per heavy atom. The van der Waals surface area contributed by atoms with Crippen LogP contribution in [0, 0.1) is 12.3 Å². The van der Waals surface area contributed by atoms with Gasteiger partial charge in [0.2, 0.25) is 0 Å². The van der Waals surface area contributed by atoms with Crippen LogP contribution in [0.1, 0.15) is 17.5 Å². The maximum Gasteiger partial charge on any atom is 0.122 e. The minimum absolute atomic E-state index is 0.0936. The highest BCUT2D eigenvalue weighted by Crippen LogP contribution is 2.25. The Morgan fingerprint density at radius 3 is 2.81 bits per heavy atom. The monoisotopic (exact) mass is 219 g/mol. The average molecular weight is 219 g/mol. The standard InChI is InChI=1S/C12H17N3O/c1-8-6-9(12(13)14)2-3-11(8)15-5-4-10(16)7-15/h2-3,6,10,16H,4-5,7H2,1H3,(H3,13,14). The van der Waals surface area contributed by atoms with Crippen LogP contribution in [-0.2, 0) is 0 Å². The normalized spacial score (nSPS) is 20.1. The number of hydrogen-bond acceptors (Lipinski definition) is 3. The first-order valence-corrected chi connectivity index (χ1v) is 5.46. The molecule has 1 aliphatic rings. The molecule has 0 aromatic heterocycles. The number of nitrogens with one attached hydrogen (secondary N) is 1. The fourth-order valence-corrected chi connectivity index (χ4v) is 2.14. The zero-order valence-electron chi connectivity index (χ0n) is 9.40. The van der Waals surface area contributed by atoms with Gasteiger partial charge in [0, 0.05) is 24.3 Å². The van der Waals surface area contributed by atoms with Crippen molar-refractivity contribution in [1.82, 2.24) is 0 Å². The highest BCUT2D eigenvalue weighted by molar-refractivity contribution is 5.95. The van der Waals surface area contributed by atoms with E-state index in [-0.39, 0.29) is 11.9 Å². The Kier molecular flexibility index (Phi) is 2.83. The van der Waals surface area contributed by atoms with Gasteiger partial charge in [-0.2, -0.15) is 0 Å². The SMILES string of the molecule is Cc1cc(C(=N)N)ccc1N1CCC(O)C1. The minimum atomic E-state index is -0.216. The molecule has 1 aromatic rings. The fourth-order valence-electron chi connectivity index (χ4n) is 2.14. The first-order chi connectivity index (χ1) is 7.58. The van der Waals surface area contributed by atoms with Crippen LogP contribution in [0.25, 0.3) is 0 Å². The lowest BCUT2D eigenvalue weighted by Crippen LogP contribution is -2.22. The molecule has 4 N–H and O–H groups in total. The van der Waals surface area contributed by atoms with Crippen LogP contribution >= 0.6 is 0 Å². The molecule has 86 valence electrons. The van der Waals surface area contributed by atoms with Crippen LogP contribution in [0.15, 0.2) is 18.2 Å². The fraction of sp³-hybridized carbons (Fsp3) is 0.417. The van der Waals surface area contributed by atoms with Crippen LogP contribution in [0.2, 0.25) is 0 Å². The second-order valence-corrected chi connectivity index (χ2v) is 4.30. The van der Waals surface area contributed by atoms with Gasteiger partial charge in [-0.15, -0.1) is 0 Å². The van der Waals surface area contributed by atoms with Gasteiger partial charge in [-0.25, -0.2) is 0 Å². The second kappa shape index (κ2) is 4.14. The molecule has 0 amide bonds. The molecule has 0 bridgehead atoms. The Bertz CT molecular complexity index is 417. The molecule has 16 heavy (non-hydrogen) atoms. The largest absolute Gasteiger partial charge is 0.391 e. The highest BCUT2D eigenvalue weighted by Gasteiger charge is 2.21. The summed E-state index contributed by atoms with van der Waals surface area (Å²) in [6, 6.07) is 5.75. The number of nitrogens with zero attached hydrogens (tertiary/aromatic N) is 1. The lowest BCUT2D eigenvalue weighted by atomic mass is 10.1. The number of aliphatic hydroxyl groups excluding tert-OH is 1. The van der Waals surface area contributed by atoms with Crippen LogP contribution in [0.4, 0.5) is 5.69 Å². The van der Waals surface area contributed by atoms with Crippen molar-refractivity contribution in [3.63, 3.8) is 0 Å². The molecular formula is C12H17N3O. The summed E-state index contributed by atoms with van der Waals surface area (Å²) in [5, 5.41) is 16.9. The molecule has 1 heterocycles. The topological polar surface area (TPSA) is 73.3 Å². The van der Waals surface area contributed by atoms with Crippen molar-refractivity contribution in [3.8, 4) is 0 Å². The number of β-amino-alcohol motifs (C(OH)–C–C–N with tert-alkyl or cyclic N) is 1. The van der Waals surface area contributed by atoms with Crippen molar-refractivity contribution in [1.29, 1.82) is 5.41 Å². The lowest BCUT2D eigenvalue weighted by Gasteiger charge is -2.20. The second-order valence-electron chi connectivity index (χ2n) is 4.30. The number of nitrogens with two attached hydrogens (primary N) is 1. The Labute approximate surface area is 95.2 Å². The van der Waals surface area contributed by atoms with Gasteiger partial charge >= 0.3 is 0 Å². The van der Waals surface area contributed by atoms with Gasteiger partial charge in [-0.05, 0) is 37.1 Å². The molecule has 1 unspecified atom stereocenters. The highest BCUT2D eigenvalue weighted by atomic mass is 16.3. The molecule has 0 saturated carbocycles. The van der Waals surface area contributed by atoms with Crippen LogP contribution in [0.3, 0.4) is 0 Å². The predicted octanol–water partition coefficient (Wildman–Crippen LogP) is 0.850. The number of nitrogen functional groups attached to an aromatic ring is 1. The van der Waals surface area contributed by atoms with Gasteiger partial charge in [-0.1, -0.05) is 0 Å². The number of aryl methyl sites for hydroxylation is 1. The summed E-state index contributed by atoms with van der Waals surface area (Å²) < 4.78 is 0. The van der Waals surface area contributed by atoms with Crippen LogP contribution < -0.4 is 10.6 Å². The van der Waals surface area contributed by atoms with Gasteiger partial charge in [0.25, 0.3) is 0 Å². The summed E-state index contributed by atoms with van der Waals surface area (Å²) in [4.78, 5) is 2.17.